The molecule has 2 aliphatic heterocycles. The molecule has 7 nitrogen and oxygen atoms in total. The number of hydrogen-bond acceptors (Lipinski definition) is 5. The van der Waals surface area contributed by atoms with E-state index in [0.29, 0.717) is 24.5 Å². The largest absolute Gasteiger partial charge is 0.441 e. The third-order valence-electron chi connectivity index (χ3n) is 6.56. The molecular weight excluding hydrogens is 444 g/mol. The van der Waals surface area contributed by atoms with E-state index in [1.807, 2.05) is 18.2 Å². The van der Waals surface area contributed by atoms with Crippen molar-refractivity contribution >= 4 is 17.6 Å². The van der Waals surface area contributed by atoms with Gasteiger partial charge in [-0.3, -0.25) is 10.1 Å². The van der Waals surface area contributed by atoms with Crippen LogP contribution >= 0.6 is 0 Å². The molecule has 0 radical (unpaired) electrons. The van der Waals surface area contributed by atoms with Gasteiger partial charge in [-0.1, -0.05) is 54.6 Å². The van der Waals surface area contributed by atoms with Gasteiger partial charge in [-0.15, -0.1) is 0 Å². The fraction of sp³-hybridized carbons (Fsp3) is 0.286. The first-order chi connectivity index (χ1) is 17.1. The predicted octanol–water partition coefficient (Wildman–Crippen LogP) is 3.40. The second kappa shape index (κ2) is 10.4. The SMILES string of the molecule is CC(=O)c1ccc(NC(=O)O[C@@H]2CO[C@H]3[C@@H]2OC[C@@H]3[NH2+]Cc2ccc(-c3ccccc3)cc2)cc1. The zero-order valence-electron chi connectivity index (χ0n) is 19.6. The van der Waals surface area contributed by atoms with Gasteiger partial charge in [0.25, 0.3) is 0 Å². The Kier molecular flexibility index (Phi) is 6.90. The summed E-state index contributed by atoms with van der Waals surface area (Å²) in [5, 5.41) is 4.93. The van der Waals surface area contributed by atoms with Crippen LogP contribution in [0.25, 0.3) is 11.1 Å². The van der Waals surface area contributed by atoms with E-state index in [9.17, 15) is 9.59 Å². The molecule has 3 aromatic rings. The molecular formula is C28H29N2O5+. The number of ether oxygens (including phenoxy) is 3. The highest BCUT2D eigenvalue weighted by molar-refractivity contribution is 5.95. The van der Waals surface area contributed by atoms with E-state index in [4.69, 9.17) is 14.2 Å². The number of carbonyl (C=O) groups is 2. The lowest BCUT2D eigenvalue weighted by Crippen LogP contribution is -2.91. The van der Waals surface area contributed by atoms with E-state index in [-0.39, 0.29) is 24.0 Å². The van der Waals surface area contributed by atoms with E-state index in [1.54, 1.807) is 24.3 Å². The molecule has 1 amide bonds. The van der Waals surface area contributed by atoms with E-state index in [1.165, 1.54) is 23.6 Å². The quantitative estimate of drug-likeness (QED) is 0.514. The standard InChI is InChI=1S/C28H28N2O5/c1-18(31)20-11-13-23(14-12-20)30-28(32)35-25-17-34-26-24(16-33-27(25)26)29-15-19-7-9-22(10-8-19)21-5-3-2-4-6-21/h2-14,24-27,29H,15-17H2,1H3,(H,30,32)/p+1/t24-,25+,26+,27+/m0/s1. The second-order valence-corrected chi connectivity index (χ2v) is 8.96. The maximum atomic E-state index is 12.4. The number of hydrogen-bond donors (Lipinski definition) is 2. The van der Waals surface area contributed by atoms with Crippen LogP contribution in [-0.2, 0) is 20.8 Å². The Bertz CT molecular complexity index is 1160. The average molecular weight is 474 g/mol. The van der Waals surface area contributed by atoms with Crippen LogP contribution in [0.5, 0.6) is 0 Å². The number of quaternary nitrogens is 1. The lowest BCUT2D eigenvalue weighted by molar-refractivity contribution is -0.707. The molecule has 4 atom stereocenters. The van der Waals surface area contributed by atoms with Crippen LogP contribution in [0.1, 0.15) is 22.8 Å². The number of benzene rings is 3. The first-order valence-electron chi connectivity index (χ1n) is 11.9. The van der Waals surface area contributed by atoms with Crippen molar-refractivity contribution in [2.45, 2.75) is 37.8 Å². The molecule has 0 bridgehead atoms. The van der Waals surface area contributed by atoms with Crippen LogP contribution in [0.4, 0.5) is 10.5 Å². The fourth-order valence-corrected chi connectivity index (χ4v) is 4.62. The molecule has 2 heterocycles. The summed E-state index contributed by atoms with van der Waals surface area (Å²) in [5.74, 6) is -0.0257. The Morgan fingerprint density at radius 1 is 0.886 bits per heavy atom. The third kappa shape index (κ3) is 5.43. The number of nitrogens with one attached hydrogen (secondary N) is 1. The Morgan fingerprint density at radius 3 is 2.29 bits per heavy atom. The second-order valence-electron chi connectivity index (χ2n) is 8.96. The number of anilines is 1. The first kappa shape index (κ1) is 23.2. The van der Waals surface area contributed by atoms with Crippen LogP contribution in [0.3, 0.4) is 0 Å². The number of nitrogens with two attached hydrogens (primary N) is 1. The van der Waals surface area contributed by atoms with Crippen molar-refractivity contribution in [3.8, 4) is 11.1 Å². The van der Waals surface area contributed by atoms with Gasteiger partial charge in [0, 0.05) is 16.8 Å². The molecule has 0 spiro atoms. The molecule has 2 aliphatic rings. The zero-order chi connectivity index (χ0) is 24.2. The summed E-state index contributed by atoms with van der Waals surface area (Å²) in [6, 6.07) is 25.8. The van der Waals surface area contributed by atoms with Crippen molar-refractivity contribution in [1.29, 1.82) is 0 Å². The molecule has 2 saturated heterocycles. The van der Waals surface area contributed by atoms with Crippen molar-refractivity contribution in [3.05, 3.63) is 90.0 Å². The third-order valence-corrected chi connectivity index (χ3v) is 6.56. The molecule has 0 unspecified atom stereocenters. The minimum absolute atomic E-state index is 0.0257. The average Bonchev–Trinajstić information content (AvgIpc) is 3.47. The van der Waals surface area contributed by atoms with Crippen molar-refractivity contribution in [1.82, 2.24) is 0 Å². The molecule has 7 heteroatoms. The van der Waals surface area contributed by atoms with Gasteiger partial charge >= 0.3 is 6.09 Å². The lowest BCUT2D eigenvalue weighted by atomic mass is 10.0. The van der Waals surface area contributed by atoms with E-state index in [0.717, 1.165) is 6.54 Å². The van der Waals surface area contributed by atoms with Crippen LogP contribution < -0.4 is 10.6 Å². The molecule has 180 valence electrons. The number of fused-ring (bicyclic) bond motifs is 1. The summed E-state index contributed by atoms with van der Waals surface area (Å²) in [6.07, 6.45) is -1.42. The highest BCUT2D eigenvalue weighted by atomic mass is 16.6. The predicted molar refractivity (Wildman–Crippen MR) is 131 cm³/mol. The number of ketones is 1. The van der Waals surface area contributed by atoms with Crippen molar-refractivity contribution < 1.29 is 29.1 Å². The Morgan fingerprint density at radius 2 is 1.57 bits per heavy atom. The molecule has 35 heavy (non-hydrogen) atoms. The van der Waals surface area contributed by atoms with Gasteiger partial charge < -0.3 is 19.5 Å². The van der Waals surface area contributed by atoms with Gasteiger partial charge in [0.1, 0.15) is 31.4 Å². The molecule has 5 rings (SSSR count). The molecule has 3 aromatic carbocycles. The monoisotopic (exact) mass is 473 g/mol. The Hall–Kier alpha value is -3.52. The van der Waals surface area contributed by atoms with Gasteiger partial charge in [-0.2, -0.15) is 0 Å². The van der Waals surface area contributed by atoms with E-state index in [2.05, 4.69) is 47.0 Å². The van der Waals surface area contributed by atoms with Gasteiger partial charge in [-0.25, -0.2) is 4.79 Å². The van der Waals surface area contributed by atoms with Crippen molar-refractivity contribution in [2.24, 2.45) is 0 Å². The van der Waals surface area contributed by atoms with Gasteiger partial charge in [0.2, 0.25) is 0 Å². The maximum Gasteiger partial charge on any atom is 0.412 e. The molecule has 0 aromatic heterocycles. The van der Waals surface area contributed by atoms with Crippen LogP contribution in [0.2, 0.25) is 0 Å². The summed E-state index contributed by atoms with van der Waals surface area (Å²) >= 11 is 0. The summed E-state index contributed by atoms with van der Waals surface area (Å²) in [5.41, 5.74) is 4.79. The highest BCUT2D eigenvalue weighted by Crippen LogP contribution is 2.28. The fourth-order valence-electron chi connectivity index (χ4n) is 4.62. The number of rotatable bonds is 7. The topological polar surface area (TPSA) is 90.5 Å². The molecule has 2 fully saturated rings. The first-order valence-corrected chi connectivity index (χ1v) is 11.9. The number of amides is 1. The van der Waals surface area contributed by atoms with Crippen LogP contribution in [-0.4, -0.2) is 49.4 Å². The minimum atomic E-state index is -0.565. The smallest absolute Gasteiger partial charge is 0.412 e. The van der Waals surface area contributed by atoms with E-state index < -0.39 is 12.2 Å². The Balaban J connectivity index is 1.11. The summed E-state index contributed by atoms with van der Waals surface area (Å²) in [6.45, 7) is 3.17. The van der Waals surface area contributed by atoms with Gasteiger partial charge in [0.05, 0.1) is 6.61 Å². The zero-order valence-corrected chi connectivity index (χ0v) is 19.6. The molecule has 0 saturated carbocycles. The molecule has 0 aliphatic carbocycles. The summed E-state index contributed by atoms with van der Waals surface area (Å²) in [4.78, 5) is 23.8. The van der Waals surface area contributed by atoms with Crippen LogP contribution in [0.15, 0.2) is 78.9 Å². The maximum absolute atomic E-state index is 12.4. The summed E-state index contributed by atoms with van der Waals surface area (Å²) < 4.78 is 17.5. The highest BCUT2D eigenvalue weighted by Gasteiger charge is 2.51. The van der Waals surface area contributed by atoms with Crippen molar-refractivity contribution in [3.63, 3.8) is 0 Å². The summed E-state index contributed by atoms with van der Waals surface area (Å²) in [7, 11) is 0. The van der Waals surface area contributed by atoms with Gasteiger partial charge in [-0.05, 0) is 42.3 Å². The van der Waals surface area contributed by atoms with Crippen LogP contribution in [0, 0.1) is 0 Å². The lowest BCUT2D eigenvalue weighted by Gasteiger charge is -2.17. The van der Waals surface area contributed by atoms with Crippen molar-refractivity contribution in [2.75, 3.05) is 18.5 Å². The normalized spacial score (nSPS) is 23.0. The van der Waals surface area contributed by atoms with E-state index >= 15 is 0 Å². The number of Topliss-reactive ketones (excluding diaryl/α,β-unsaturated/α-hetero) is 1. The number of carbonyl (C=O) groups excluding carboxylic acids is 2. The molecule has 3 N–H and O–H groups in total. The minimum Gasteiger partial charge on any atom is -0.441 e. The Labute approximate surface area is 204 Å². The van der Waals surface area contributed by atoms with Gasteiger partial charge in [0.15, 0.2) is 11.9 Å².